The predicted molar refractivity (Wildman–Crippen MR) is 49.7 cm³/mol. The number of alkyl halides is 1. The number of carboxylic acids is 1. The van der Waals surface area contributed by atoms with Crippen LogP contribution in [0.1, 0.15) is 5.69 Å². The summed E-state index contributed by atoms with van der Waals surface area (Å²) in [5.74, 6) is -1.49. The number of aryl methyl sites for hydroxylation is 1. The summed E-state index contributed by atoms with van der Waals surface area (Å²) in [6.07, 6.45) is 0. The van der Waals surface area contributed by atoms with Crippen molar-refractivity contribution in [3.8, 4) is 0 Å². The molecule has 1 aromatic heterocycles. The minimum Gasteiger partial charge on any atom is -0.478 e. The second kappa shape index (κ2) is 3.93. The van der Waals surface area contributed by atoms with Crippen molar-refractivity contribution in [3.63, 3.8) is 0 Å². The number of hydrogen-bond donors (Lipinski definition) is 2. The van der Waals surface area contributed by atoms with Crippen LogP contribution in [-0.2, 0) is 4.79 Å². The summed E-state index contributed by atoms with van der Waals surface area (Å²) in [4.78, 5) is 14.0. The Morgan fingerprint density at radius 2 is 2.46 bits per heavy atom. The molecule has 0 aliphatic heterocycles. The lowest BCUT2D eigenvalue weighted by molar-refractivity contribution is -0.139. The third-order valence-electron chi connectivity index (χ3n) is 1.18. The van der Waals surface area contributed by atoms with Crippen LogP contribution in [0.4, 0.5) is 9.52 Å². The fourth-order valence-electron chi connectivity index (χ4n) is 0.656. The molecule has 0 fully saturated rings. The molecule has 7 heteroatoms. The molecule has 0 bridgehead atoms. The van der Waals surface area contributed by atoms with E-state index in [4.69, 9.17) is 10.8 Å². The third-order valence-corrected chi connectivity index (χ3v) is 3.41. The fraction of sp³-hybridized carbons (Fsp3) is 0.333. The number of thioether (sulfide) groups is 1. The molecule has 0 aliphatic rings. The van der Waals surface area contributed by atoms with Gasteiger partial charge in [-0.3, -0.25) is 0 Å². The number of halogens is 1. The Morgan fingerprint density at radius 1 is 1.85 bits per heavy atom. The maximum Gasteiger partial charge on any atom is 0.349 e. The molecule has 0 amide bonds. The maximum atomic E-state index is 12.7. The van der Waals surface area contributed by atoms with Gasteiger partial charge in [-0.05, 0) is 6.92 Å². The Hall–Kier alpha value is -0.820. The van der Waals surface area contributed by atoms with E-state index in [1.807, 2.05) is 0 Å². The Balaban J connectivity index is 2.74. The van der Waals surface area contributed by atoms with E-state index in [-0.39, 0.29) is 0 Å². The number of nitrogens with two attached hydrogens (primary N) is 1. The summed E-state index contributed by atoms with van der Waals surface area (Å²) >= 11 is 1.70. The number of aliphatic carboxylic acids is 1. The molecule has 1 rings (SSSR count). The normalized spacial score (nSPS) is 12.8. The zero-order valence-corrected chi connectivity index (χ0v) is 8.28. The van der Waals surface area contributed by atoms with Crippen LogP contribution in [0.3, 0.4) is 0 Å². The highest BCUT2D eigenvalue weighted by Gasteiger charge is 2.20. The molecule has 1 heterocycles. The number of thiazole rings is 1. The number of rotatable bonds is 3. The monoisotopic (exact) mass is 222 g/mol. The van der Waals surface area contributed by atoms with E-state index in [2.05, 4.69) is 4.98 Å². The van der Waals surface area contributed by atoms with E-state index in [1.54, 1.807) is 6.92 Å². The first-order valence-corrected chi connectivity index (χ1v) is 4.96. The Labute approximate surface area is 82.0 Å². The molecule has 1 aromatic rings. The van der Waals surface area contributed by atoms with Crippen LogP contribution in [0.5, 0.6) is 0 Å². The highest BCUT2D eigenvalue weighted by Crippen LogP contribution is 2.33. The molecule has 0 aromatic carbocycles. The van der Waals surface area contributed by atoms with Gasteiger partial charge in [0.2, 0.25) is 5.50 Å². The maximum absolute atomic E-state index is 12.7. The number of aromatic nitrogens is 1. The molecule has 72 valence electrons. The number of nitrogen functional groups attached to an aromatic ring is 1. The van der Waals surface area contributed by atoms with Gasteiger partial charge < -0.3 is 10.8 Å². The number of anilines is 1. The third kappa shape index (κ3) is 2.56. The molecular formula is C6H7FN2O2S2. The van der Waals surface area contributed by atoms with Crippen molar-refractivity contribution in [3.05, 3.63) is 5.69 Å². The zero-order valence-electron chi connectivity index (χ0n) is 6.65. The van der Waals surface area contributed by atoms with Gasteiger partial charge in [-0.15, -0.1) is 0 Å². The number of carbonyl (C=O) groups is 1. The van der Waals surface area contributed by atoms with Crippen molar-refractivity contribution in [1.29, 1.82) is 0 Å². The molecule has 0 radical (unpaired) electrons. The average molecular weight is 222 g/mol. The number of carboxylic acid groups (broad SMARTS) is 1. The van der Waals surface area contributed by atoms with E-state index in [9.17, 15) is 9.18 Å². The van der Waals surface area contributed by atoms with Crippen LogP contribution in [-0.4, -0.2) is 21.6 Å². The van der Waals surface area contributed by atoms with Gasteiger partial charge in [-0.25, -0.2) is 14.2 Å². The zero-order chi connectivity index (χ0) is 10.0. The predicted octanol–water partition coefficient (Wildman–Crippen LogP) is 1.51. The molecule has 0 saturated heterocycles. The van der Waals surface area contributed by atoms with Crippen LogP contribution < -0.4 is 5.73 Å². The molecule has 4 nitrogen and oxygen atoms in total. The lowest BCUT2D eigenvalue weighted by Gasteiger charge is -1.99. The SMILES string of the molecule is Cc1nc(N)sc1SC(F)C(=O)O. The van der Waals surface area contributed by atoms with Gasteiger partial charge >= 0.3 is 5.97 Å². The average Bonchev–Trinajstić information content (AvgIpc) is 2.30. The second-order valence-electron chi connectivity index (χ2n) is 2.20. The lowest BCUT2D eigenvalue weighted by Crippen LogP contribution is -2.09. The summed E-state index contributed by atoms with van der Waals surface area (Å²) in [7, 11) is 0. The standard InChI is InChI=1S/C6H7FN2O2S2/c1-2-5(13-6(8)9-2)12-3(7)4(10)11/h3H,1H3,(H2,8,9)(H,10,11). The van der Waals surface area contributed by atoms with Crippen LogP contribution in [0.25, 0.3) is 0 Å². The summed E-state index contributed by atoms with van der Waals surface area (Å²) < 4.78 is 13.2. The van der Waals surface area contributed by atoms with Gasteiger partial charge in [0.25, 0.3) is 0 Å². The topological polar surface area (TPSA) is 76.2 Å². The first-order chi connectivity index (χ1) is 6.00. The van der Waals surface area contributed by atoms with E-state index < -0.39 is 11.5 Å². The highest BCUT2D eigenvalue weighted by molar-refractivity contribution is 8.02. The molecule has 0 spiro atoms. The van der Waals surface area contributed by atoms with Gasteiger partial charge in [-0.1, -0.05) is 23.1 Å². The highest BCUT2D eigenvalue weighted by atomic mass is 32.2. The molecule has 1 unspecified atom stereocenters. The molecule has 0 saturated carbocycles. The number of hydrogen-bond acceptors (Lipinski definition) is 5. The molecule has 0 aliphatic carbocycles. The van der Waals surface area contributed by atoms with Gasteiger partial charge in [-0.2, -0.15) is 0 Å². The second-order valence-corrected chi connectivity index (χ2v) is 4.54. The van der Waals surface area contributed by atoms with E-state index in [0.717, 1.165) is 11.3 Å². The Morgan fingerprint density at radius 3 is 2.85 bits per heavy atom. The van der Waals surface area contributed by atoms with Crippen LogP contribution in [0, 0.1) is 6.92 Å². The van der Waals surface area contributed by atoms with Crippen molar-refractivity contribution in [2.24, 2.45) is 0 Å². The first-order valence-electron chi connectivity index (χ1n) is 3.27. The van der Waals surface area contributed by atoms with E-state index in [1.165, 1.54) is 0 Å². The van der Waals surface area contributed by atoms with E-state index >= 15 is 0 Å². The van der Waals surface area contributed by atoms with Gasteiger partial charge in [0, 0.05) is 0 Å². The smallest absolute Gasteiger partial charge is 0.349 e. The van der Waals surface area contributed by atoms with Crippen molar-refractivity contribution >= 4 is 34.2 Å². The van der Waals surface area contributed by atoms with E-state index in [0.29, 0.717) is 26.8 Å². The summed E-state index contributed by atoms with van der Waals surface area (Å²) in [5, 5.41) is 8.62. The summed E-state index contributed by atoms with van der Waals surface area (Å²) in [6.45, 7) is 1.66. The molecule has 3 N–H and O–H groups in total. The van der Waals surface area contributed by atoms with Gasteiger partial charge in [0.05, 0.1) is 9.90 Å². The fourth-order valence-corrected chi connectivity index (χ4v) is 2.43. The quantitative estimate of drug-likeness (QED) is 0.758. The molecule has 13 heavy (non-hydrogen) atoms. The minimum atomic E-state index is -1.96. The van der Waals surface area contributed by atoms with Crippen LogP contribution in [0.15, 0.2) is 4.21 Å². The summed E-state index contributed by atoms with van der Waals surface area (Å²) in [5.41, 5.74) is 3.96. The van der Waals surface area contributed by atoms with Crippen LogP contribution >= 0.6 is 23.1 Å². The first kappa shape index (κ1) is 10.3. The molecule has 1 atom stereocenters. The Kier molecular flexibility index (Phi) is 3.10. The molecular weight excluding hydrogens is 215 g/mol. The summed E-state index contributed by atoms with van der Waals surface area (Å²) in [6, 6.07) is 0. The van der Waals surface area contributed by atoms with Crippen molar-refractivity contribution < 1.29 is 14.3 Å². The van der Waals surface area contributed by atoms with Crippen LogP contribution in [0.2, 0.25) is 0 Å². The van der Waals surface area contributed by atoms with Gasteiger partial charge in [0.1, 0.15) is 0 Å². The Bertz CT molecular complexity index is 328. The van der Waals surface area contributed by atoms with Gasteiger partial charge in [0.15, 0.2) is 5.13 Å². The van der Waals surface area contributed by atoms with Crippen molar-refractivity contribution in [2.75, 3.05) is 5.73 Å². The minimum absolute atomic E-state index is 0.317. The lowest BCUT2D eigenvalue weighted by atomic mass is 10.6. The van der Waals surface area contributed by atoms with Crippen molar-refractivity contribution in [1.82, 2.24) is 4.98 Å². The number of nitrogens with zero attached hydrogens (tertiary/aromatic N) is 1. The largest absolute Gasteiger partial charge is 0.478 e. The van der Waals surface area contributed by atoms with Crippen molar-refractivity contribution in [2.45, 2.75) is 16.6 Å².